The van der Waals surface area contributed by atoms with Crippen molar-refractivity contribution in [2.75, 3.05) is 5.32 Å². The minimum Gasteiger partial charge on any atom is -0.399 e. The number of carbonyl (C=O) groups is 1. The molecule has 2 aromatic rings. The molecule has 25 heavy (non-hydrogen) atoms. The number of hydrogen-bond acceptors (Lipinski definition) is 3. The van der Waals surface area contributed by atoms with Gasteiger partial charge in [0.1, 0.15) is 0 Å². The van der Waals surface area contributed by atoms with Gasteiger partial charge in [0.15, 0.2) is 0 Å². The van der Waals surface area contributed by atoms with Crippen molar-refractivity contribution in [3.63, 3.8) is 0 Å². The van der Waals surface area contributed by atoms with E-state index in [0.717, 1.165) is 5.46 Å². The SMILES string of the molecule is CC1(C)OB(c2ccc(NC(=O)c3ccc(Cl)cc3)cc2)OC1(C)C. The van der Waals surface area contributed by atoms with Gasteiger partial charge < -0.3 is 14.6 Å². The molecule has 1 N–H and O–H groups in total. The van der Waals surface area contributed by atoms with Gasteiger partial charge >= 0.3 is 7.12 Å². The molecular formula is C19H21BClNO3. The molecule has 4 nitrogen and oxygen atoms in total. The summed E-state index contributed by atoms with van der Waals surface area (Å²) in [5.41, 5.74) is 1.43. The van der Waals surface area contributed by atoms with Crippen LogP contribution < -0.4 is 10.8 Å². The van der Waals surface area contributed by atoms with Crippen LogP contribution in [0.1, 0.15) is 38.1 Å². The Bertz CT molecular complexity index is 756. The van der Waals surface area contributed by atoms with Crippen LogP contribution in [0.15, 0.2) is 48.5 Å². The lowest BCUT2D eigenvalue weighted by atomic mass is 9.79. The second-order valence-corrected chi connectivity index (χ2v) is 7.61. The first-order valence-electron chi connectivity index (χ1n) is 8.20. The summed E-state index contributed by atoms with van der Waals surface area (Å²) in [4.78, 5) is 12.2. The summed E-state index contributed by atoms with van der Waals surface area (Å²) in [7, 11) is -0.411. The quantitative estimate of drug-likeness (QED) is 0.848. The summed E-state index contributed by atoms with van der Waals surface area (Å²) >= 11 is 5.84. The molecule has 1 amide bonds. The molecule has 130 valence electrons. The highest BCUT2D eigenvalue weighted by Crippen LogP contribution is 2.36. The molecule has 0 saturated carbocycles. The summed E-state index contributed by atoms with van der Waals surface area (Å²) < 4.78 is 12.1. The highest BCUT2D eigenvalue weighted by Gasteiger charge is 2.51. The van der Waals surface area contributed by atoms with Crippen LogP contribution in [-0.4, -0.2) is 24.2 Å². The lowest BCUT2D eigenvalue weighted by molar-refractivity contribution is 0.00578. The molecule has 0 radical (unpaired) electrons. The van der Waals surface area contributed by atoms with E-state index in [4.69, 9.17) is 20.9 Å². The van der Waals surface area contributed by atoms with Crippen molar-refractivity contribution in [3.8, 4) is 0 Å². The van der Waals surface area contributed by atoms with E-state index in [1.165, 1.54) is 0 Å². The van der Waals surface area contributed by atoms with Crippen molar-refractivity contribution < 1.29 is 14.1 Å². The Morgan fingerprint density at radius 1 is 0.920 bits per heavy atom. The molecule has 1 fully saturated rings. The standard InChI is InChI=1S/C19H21BClNO3/c1-18(2)19(3,4)25-20(24-18)14-7-11-16(12-8-14)22-17(23)13-5-9-15(21)10-6-13/h5-12H,1-4H3,(H,22,23). The first-order valence-corrected chi connectivity index (χ1v) is 8.58. The van der Waals surface area contributed by atoms with Crippen molar-refractivity contribution in [2.45, 2.75) is 38.9 Å². The summed E-state index contributed by atoms with van der Waals surface area (Å²) in [5, 5.41) is 3.46. The molecule has 1 heterocycles. The van der Waals surface area contributed by atoms with Gasteiger partial charge in [0.25, 0.3) is 5.91 Å². The van der Waals surface area contributed by atoms with E-state index in [1.54, 1.807) is 24.3 Å². The zero-order chi connectivity index (χ0) is 18.2. The normalized spacial score (nSPS) is 18.2. The maximum absolute atomic E-state index is 12.2. The summed E-state index contributed by atoms with van der Waals surface area (Å²) in [6.07, 6.45) is 0. The van der Waals surface area contributed by atoms with Crippen molar-refractivity contribution in [1.29, 1.82) is 0 Å². The molecule has 2 aromatic carbocycles. The third-order valence-electron chi connectivity index (χ3n) is 4.80. The number of nitrogens with one attached hydrogen (secondary N) is 1. The van der Waals surface area contributed by atoms with Crippen LogP contribution in [0.25, 0.3) is 0 Å². The molecular weight excluding hydrogens is 336 g/mol. The molecule has 3 rings (SSSR count). The topological polar surface area (TPSA) is 47.6 Å². The second kappa shape index (κ2) is 6.48. The van der Waals surface area contributed by atoms with Gasteiger partial charge in [-0.25, -0.2) is 0 Å². The van der Waals surface area contributed by atoms with Crippen LogP contribution in [0.4, 0.5) is 5.69 Å². The monoisotopic (exact) mass is 357 g/mol. The van der Waals surface area contributed by atoms with Crippen LogP contribution in [0.2, 0.25) is 5.02 Å². The van der Waals surface area contributed by atoms with Crippen molar-refractivity contribution in [1.82, 2.24) is 0 Å². The van der Waals surface area contributed by atoms with E-state index in [-0.39, 0.29) is 17.1 Å². The highest BCUT2D eigenvalue weighted by molar-refractivity contribution is 6.62. The fraction of sp³-hybridized carbons (Fsp3) is 0.316. The summed E-state index contributed by atoms with van der Waals surface area (Å²) in [6, 6.07) is 14.3. The Morgan fingerprint density at radius 3 is 1.96 bits per heavy atom. The number of hydrogen-bond donors (Lipinski definition) is 1. The Hall–Kier alpha value is -1.82. The van der Waals surface area contributed by atoms with E-state index in [0.29, 0.717) is 16.3 Å². The predicted molar refractivity (Wildman–Crippen MR) is 102 cm³/mol. The molecule has 0 spiro atoms. The van der Waals surface area contributed by atoms with Crippen LogP contribution >= 0.6 is 11.6 Å². The number of amides is 1. The van der Waals surface area contributed by atoms with Gasteiger partial charge in [-0.1, -0.05) is 23.7 Å². The zero-order valence-electron chi connectivity index (χ0n) is 14.8. The van der Waals surface area contributed by atoms with Crippen molar-refractivity contribution >= 4 is 35.8 Å². The molecule has 1 aliphatic heterocycles. The van der Waals surface area contributed by atoms with E-state index >= 15 is 0 Å². The van der Waals surface area contributed by atoms with Gasteiger partial charge in [-0.3, -0.25) is 4.79 Å². The molecule has 0 aromatic heterocycles. The second-order valence-electron chi connectivity index (χ2n) is 7.17. The highest BCUT2D eigenvalue weighted by atomic mass is 35.5. The third kappa shape index (κ3) is 3.74. The molecule has 0 atom stereocenters. The van der Waals surface area contributed by atoms with Gasteiger partial charge in [-0.05, 0) is 69.6 Å². The molecule has 1 saturated heterocycles. The fourth-order valence-corrected chi connectivity index (χ4v) is 2.63. The van der Waals surface area contributed by atoms with Crippen LogP contribution in [0, 0.1) is 0 Å². The predicted octanol–water partition coefficient (Wildman–Crippen LogP) is 3.89. The zero-order valence-corrected chi connectivity index (χ0v) is 15.6. The fourth-order valence-electron chi connectivity index (χ4n) is 2.51. The van der Waals surface area contributed by atoms with E-state index in [2.05, 4.69) is 5.32 Å². The lowest BCUT2D eigenvalue weighted by Gasteiger charge is -2.32. The van der Waals surface area contributed by atoms with Crippen LogP contribution in [0.5, 0.6) is 0 Å². The largest absolute Gasteiger partial charge is 0.494 e. The van der Waals surface area contributed by atoms with Crippen molar-refractivity contribution in [3.05, 3.63) is 59.1 Å². The lowest BCUT2D eigenvalue weighted by Crippen LogP contribution is -2.41. The third-order valence-corrected chi connectivity index (χ3v) is 5.05. The average molecular weight is 358 g/mol. The summed E-state index contributed by atoms with van der Waals surface area (Å²) in [5.74, 6) is -0.181. The summed E-state index contributed by atoms with van der Waals surface area (Å²) in [6.45, 7) is 8.09. The average Bonchev–Trinajstić information content (AvgIpc) is 2.76. The molecule has 0 unspecified atom stereocenters. The number of benzene rings is 2. The molecule has 1 aliphatic rings. The van der Waals surface area contributed by atoms with Gasteiger partial charge in [-0.15, -0.1) is 0 Å². The van der Waals surface area contributed by atoms with Gasteiger partial charge in [0, 0.05) is 16.3 Å². The smallest absolute Gasteiger partial charge is 0.399 e. The first kappa shape index (κ1) is 18.0. The van der Waals surface area contributed by atoms with Crippen LogP contribution in [0.3, 0.4) is 0 Å². The van der Waals surface area contributed by atoms with Gasteiger partial charge in [0.05, 0.1) is 11.2 Å². The van der Waals surface area contributed by atoms with Crippen LogP contribution in [-0.2, 0) is 9.31 Å². The van der Waals surface area contributed by atoms with Crippen molar-refractivity contribution in [2.24, 2.45) is 0 Å². The number of carbonyl (C=O) groups excluding carboxylic acids is 1. The van der Waals surface area contributed by atoms with E-state index in [1.807, 2.05) is 52.0 Å². The first-order chi connectivity index (χ1) is 11.7. The number of rotatable bonds is 3. The Balaban J connectivity index is 1.69. The number of anilines is 1. The van der Waals surface area contributed by atoms with Gasteiger partial charge in [-0.2, -0.15) is 0 Å². The van der Waals surface area contributed by atoms with Gasteiger partial charge in [0.2, 0.25) is 0 Å². The molecule has 0 aliphatic carbocycles. The Morgan fingerprint density at radius 2 is 1.44 bits per heavy atom. The minimum atomic E-state index is -0.411. The molecule has 6 heteroatoms. The molecule has 0 bridgehead atoms. The van der Waals surface area contributed by atoms with E-state index < -0.39 is 7.12 Å². The Kier molecular flexibility index (Phi) is 4.67. The van der Waals surface area contributed by atoms with E-state index in [9.17, 15) is 4.79 Å². The maximum Gasteiger partial charge on any atom is 0.494 e. The number of halogens is 1. The minimum absolute atomic E-state index is 0.181. The maximum atomic E-state index is 12.2. The Labute approximate surface area is 153 Å².